The van der Waals surface area contributed by atoms with Crippen molar-refractivity contribution in [1.29, 1.82) is 0 Å². The first kappa shape index (κ1) is 26.1. The van der Waals surface area contributed by atoms with E-state index in [1.165, 1.54) is 11.3 Å². The largest absolute Gasteiger partial charge is 0.463 e. The first-order chi connectivity index (χ1) is 15.2. The second kappa shape index (κ2) is 12.8. The number of unbranched alkanes of at least 4 members (excludes halogenated alkanes) is 2. The van der Waals surface area contributed by atoms with Gasteiger partial charge in [-0.05, 0) is 42.7 Å². The van der Waals surface area contributed by atoms with E-state index in [1.54, 1.807) is 36.4 Å². The highest BCUT2D eigenvalue weighted by Crippen LogP contribution is 2.33. The zero-order valence-corrected chi connectivity index (χ0v) is 20.1. The third kappa shape index (κ3) is 8.42. The van der Waals surface area contributed by atoms with Gasteiger partial charge in [0, 0.05) is 11.3 Å². The smallest absolute Gasteiger partial charge is 0.306 e. The van der Waals surface area contributed by atoms with Crippen molar-refractivity contribution in [3.8, 4) is 0 Å². The van der Waals surface area contributed by atoms with Crippen LogP contribution in [0.25, 0.3) is 0 Å². The highest BCUT2D eigenvalue weighted by atomic mass is 32.2. The number of hydrogen-bond donors (Lipinski definition) is 3. The lowest BCUT2D eigenvalue weighted by Crippen LogP contribution is -2.34. The molecule has 10 heteroatoms. The molecule has 32 heavy (non-hydrogen) atoms. The molecule has 0 aliphatic rings. The summed E-state index contributed by atoms with van der Waals surface area (Å²) in [4.78, 5) is 12.3. The van der Waals surface area contributed by atoms with Gasteiger partial charge >= 0.3 is 5.97 Å². The zero-order valence-electron chi connectivity index (χ0n) is 18.5. The standard InChI is InChI=1S/C22H32N2O6S2/c1-3-4-5-6-19(26)20-12-13-21(31-20)24(32(2,28)29)23-18-10-7-17(8-11-18)9-14-22(27)30-16-15-25/h7-8,10-13,19,23,25-26H,3-6,9,14-16H2,1-2H3. The average Bonchev–Trinajstić information content (AvgIpc) is 3.24. The minimum absolute atomic E-state index is 0.0107. The number of anilines is 2. The molecule has 2 rings (SSSR count). The van der Waals surface area contributed by atoms with Crippen molar-refractivity contribution in [3.63, 3.8) is 0 Å². The van der Waals surface area contributed by atoms with E-state index >= 15 is 0 Å². The number of ether oxygens (including phenoxy) is 1. The molecule has 1 aromatic carbocycles. The number of rotatable bonds is 14. The normalized spacial score (nSPS) is 12.4. The van der Waals surface area contributed by atoms with Crippen molar-refractivity contribution >= 4 is 38.0 Å². The summed E-state index contributed by atoms with van der Waals surface area (Å²) in [5.41, 5.74) is 4.38. The molecule has 8 nitrogen and oxygen atoms in total. The van der Waals surface area contributed by atoms with E-state index < -0.39 is 16.1 Å². The molecule has 0 saturated heterocycles. The summed E-state index contributed by atoms with van der Waals surface area (Å²) in [6.45, 7) is 1.89. The van der Waals surface area contributed by atoms with Crippen LogP contribution in [0.4, 0.5) is 10.7 Å². The van der Waals surface area contributed by atoms with Crippen LogP contribution in [0.1, 0.15) is 55.6 Å². The molecule has 0 fully saturated rings. The van der Waals surface area contributed by atoms with Crippen LogP contribution in [-0.2, 0) is 26.0 Å². The maximum Gasteiger partial charge on any atom is 0.306 e. The number of sulfonamides is 1. The summed E-state index contributed by atoms with van der Waals surface area (Å²) in [7, 11) is -3.62. The summed E-state index contributed by atoms with van der Waals surface area (Å²) in [6, 6.07) is 10.5. The van der Waals surface area contributed by atoms with Crippen LogP contribution in [0.15, 0.2) is 36.4 Å². The molecule has 0 saturated carbocycles. The lowest BCUT2D eigenvalue weighted by Gasteiger charge is -2.22. The van der Waals surface area contributed by atoms with Gasteiger partial charge in [0.05, 0.1) is 24.7 Å². The second-order valence-electron chi connectivity index (χ2n) is 7.47. The SMILES string of the molecule is CCCCCC(O)c1ccc(N(Nc2ccc(CCC(=O)OCCO)cc2)S(C)(=O)=O)s1. The molecule has 1 atom stereocenters. The molecule has 1 unspecified atom stereocenters. The van der Waals surface area contributed by atoms with E-state index in [9.17, 15) is 18.3 Å². The number of nitrogens with one attached hydrogen (secondary N) is 1. The maximum absolute atomic E-state index is 12.4. The number of aliphatic hydroxyl groups excluding tert-OH is 2. The third-order valence-corrected chi connectivity index (χ3v) is 6.95. The molecule has 0 radical (unpaired) electrons. The third-order valence-electron chi connectivity index (χ3n) is 4.71. The number of carbonyl (C=O) groups excluding carboxylic acids is 1. The number of aliphatic hydroxyl groups is 2. The Balaban J connectivity index is 2.03. The Morgan fingerprint density at radius 1 is 1.19 bits per heavy atom. The highest BCUT2D eigenvalue weighted by Gasteiger charge is 2.21. The molecule has 3 N–H and O–H groups in total. The van der Waals surface area contributed by atoms with Gasteiger partial charge in [-0.2, -0.15) is 4.41 Å². The zero-order chi connectivity index (χ0) is 23.6. The summed E-state index contributed by atoms with van der Waals surface area (Å²) < 4.78 is 30.7. The Hall–Kier alpha value is -2.14. The van der Waals surface area contributed by atoms with Crippen molar-refractivity contribution in [2.45, 2.75) is 51.6 Å². The van der Waals surface area contributed by atoms with Gasteiger partial charge < -0.3 is 14.9 Å². The number of aryl methyl sites for hydroxylation is 1. The first-order valence-electron chi connectivity index (χ1n) is 10.6. The number of thiophene rings is 1. The molecule has 0 aliphatic heterocycles. The van der Waals surface area contributed by atoms with Crippen molar-refractivity contribution in [2.24, 2.45) is 0 Å². The van der Waals surface area contributed by atoms with Gasteiger partial charge in [-0.15, -0.1) is 11.3 Å². The van der Waals surface area contributed by atoms with Crippen molar-refractivity contribution in [1.82, 2.24) is 0 Å². The minimum atomic E-state index is -3.62. The van der Waals surface area contributed by atoms with Gasteiger partial charge in [-0.3, -0.25) is 10.2 Å². The average molecular weight is 485 g/mol. The van der Waals surface area contributed by atoms with Crippen LogP contribution in [0, 0.1) is 0 Å². The number of esters is 1. The lowest BCUT2D eigenvalue weighted by atomic mass is 10.1. The van der Waals surface area contributed by atoms with Gasteiger partial charge in [-0.25, -0.2) is 8.42 Å². The summed E-state index contributed by atoms with van der Waals surface area (Å²) in [5, 5.41) is 19.5. The molecule has 1 aromatic heterocycles. The van der Waals surface area contributed by atoms with E-state index in [0.29, 0.717) is 23.5 Å². The summed E-state index contributed by atoms with van der Waals surface area (Å²) in [6.07, 6.45) is 4.87. The van der Waals surface area contributed by atoms with Crippen molar-refractivity contribution < 1.29 is 28.2 Å². The molecule has 0 aliphatic carbocycles. The molecule has 178 valence electrons. The minimum Gasteiger partial charge on any atom is -0.463 e. The van der Waals surface area contributed by atoms with Crippen LogP contribution in [0.5, 0.6) is 0 Å². The predicted molar refractivity (Wildman–Crippen MR) is 127 cm³/mol. The molecule has 0 bridgehead atoms. The van der Waals surface area contributed by atoms with Gasteiger partial charge in [-0.1, -0.05) is 38.3 Å². The fourth-order valence-corrected chi connectivity index (χ4v) is 5.08. The van der Waals surface area contributed by atoms with Gasteiger partial charge in [0.25, 0.3) is 0 Å². The van der Waals surface area contributed by atoms with E-state index in [2.05, 4.69) is 12.3 Å². The van der Waals surface area contributed by atoms with Crippen LogP contribution in [-0.4, -0.2) is 44.1 Å². The van der Waals surface area contributed by atoms with Crippen LogP contribution in [0.3, 0.4) is 0 Å². The number of hydrogen-bond acceptors (Lipinski definition) is 8. The quantitative estimate of drug-likeness (QED) is 0.213. The highest BCUT2D eigenvalue weighted by molar-refractivity contribution is 7.92. The predicted octanol–water partition coefficient (Wildman–Crippen LogP) is 3.62. The molecular formula is C22H32N2O6S2. The van der Waals surface area contributed by atoms with E-state index in [4.69, 9.17) is 9.84 Å². The van der Waals surface area contributed by atoms with E-state index in [-0.39, 0.29) is 25.6 Å². The Kier molecular flexibility index (Phi) is 10.4. The summed E-state index contributed by atoms with van der Waals surface area (Å²) >= 11 is 1.24. The molecular weight excluding hydrogens is 452 g/mol. The maximum atomic E-state index is 12.4. The fraction of sp³-hybridized carbons (Fsp3) is 0.500. The summed E-state index contributed by atoms with van der Waals surface area (Å²) in [5.74, 6) is -0.380. The van der Waals surface area contributed by atoms with E-state index in [0.717, 1.165) is 40.4 Å². The van der Waals surface area contributed by atoms with Crippen LogP contribution < -0.4 is 9.84 Å². The van der Waals surface area contributed by atoms with Gasteiger partial charge in [0.15, 0.2) is 0 Å². The molecule has 1 heterocycles. The number of nitrogens with zero attached hydrogens (tertiary/aromatic N) is 1. The van der Waals surface area contributed by atoms with Crippen LogP contribution in [0.2, 0.25) is 0 Å². The molecule has 0 spiro atoms. The van der Waals surface area contributed by atoms with Crippen LogP contribution >= 0.6 is 11.3 Å². The molecule has 2 aromatic rings. The first-order valence-corrected chi connectivity index (χ1v) is 13.3. The van der Waals surface area contributed by atoms with Crippen molar-refractivity contribution in [2.75, 3.05) is 29.3 Å². The lowest BCUT2D eigenvalue weighted by molar-refractivity contribution is -0.144. The number of carbonyl (C=O) groups is 1. The van der Waals surface area contributed by atoms with E-state index in [1.807, 2.05) is 0 Å². The number of hydrazine groups is 1. The topological polar surface area (TPSA) is 116 Å². The number of benzene rings is 1. The Bertz CT molecular complexity index is 944. The Morgan fingerprint density at radius 2 is 1.91 bits per heavy atom. The van der Waals surface area contributed by atoms with Gasteiger partial charge in [0.2, 0.25) is 10.0 Å². The Labute approximate surface area is 193 Å². The molecule has 0 amide bonds. The monoisotopic (exact) mass is 484 g/mol. The fourth-order valence-electron chi connectivity index (χ4n) is 3.00. The van der Waals surface area contributed by atoms with Gasteiger partial charge in [0.1, 0.15) is 11.6 Å². The van der Waals surface area contributed by atoms with Crippen molar-refractivity contribution in [3.05, 3.63) is 46.8 Å². The second-order valence-corrected chi connectivity index (χ2v) is 10.4. The Morgan fingerprint density at radius 3 is 2.53 bits per heavy atom.